The molecule has 2 rings (SSSR count). The highest BCUT2D eigenvalue weighted by Gasteiger charge is 2.29. The highest BCUT2D eigenvalue weighted by Crippen LogP contribution is 2.24. The van der Waals surface area contributed by atoms with Gasteiger partial charge in [0.1, 0.15) is 4.90 Å². The van der Waals surface area contributed by atoms with E-state index in [0.29, 0.717) is 0 Å². The molecule has 0 saturated carbocycles. The number of aromatic nitrogens is 1. The zero-order valence-electron chi connectivity index (χ0n) is 11.0. The van der Waals surface area contributed by atoms with Gasteiger partial charge < -0.3 is 5.43 Å². The number of hydrogen-bond acceptors (Lipinski definition) is 7. The van der Waals surface area contributed by atoms with Crippen molar-refractivity contribution in [2.24, 2.45) is 5.84 Å². The molecule has 1 fully saturated rings. The molecule has 2 heterocycles. The fourth-order valence-electron chi connectivity index (χ4n) is 1.97. The van der Waals surface area contributed by atoms with Crippen LogP contribution in [0.15, 0.2) is 17.2 Å². The Bertz CT molecular complexity index is 735. The predicted octanol–water partition coefficient (Wildman–Crippen LogP) is -0.170. The number of hydrazine groups is 1. The molecule has 0 bridgehead atoms. The van der Waals surface area contributed by atoms with Gasteiger partial charge in [-0.2, -0.15) is 4.31 Å². The summed E-state index contributed by atoms with van der Waals surface area (Å²) in [7, 11) is -7.02. The van der Waals surface area contributed by atoms with E-state index in [1.165, 1.54) is 6.07 Å². The topological polar surface area (TPSA) is 122 Å². The Morgan fingerprint density at radius 1 is 1.33 bits per heavy atom. The molecule has 0 spiro atoms. The third-order valence-corrected chi connectivity index (χ3v) is 6.97. The van der Waals surface area contributed by atoms with Crippen molar-refractivity contribution in [3.63, 3.8) is 0 Å². The van der Waals surface area contributed by atoms with Crippen LogP contribution in [-0.2, 0) is 19.9 Å². The molecular formula is C10H15ClN4O4S2. The fraction of sp³-hybridized carbons (Fsp3) is 0.500. The van der Waals surface area contributed by atoms with Gasteiger partial charge in [-0.1, -0.05) is 11.6 Å². The first-order valence-corrected chi connectivity index (χ1v) is 9.73. The lowest BCUT2D eigenvalue weighted by Gasteiger charge is -2.19. The molecule has 0 aliphatic carbocycles. The molecule has 3 N–H and O–H groups in total. The molecule has 1 aromatic heterocycles. The van der Waals surface area contributed by atoms with Crippen LogP contribution in [0.1, 0.15) is 6.42 Å². The van der Waals surface area contributed by atoms with Gasteiger partial charge >= 0.3 is 0 Å². The zero-order valence-corrected chi connectivity index (χ0v) is 13.4. The first kappa shape index (κ1) is 16.4. The molecule has 1 aromatic rings. The molecule has 8 nitrogen and oxygen atoms in total. The van der Waals surface area contributed by atoms with Crippen LogP contribution in [0.2, 0.25) is 5.02 Å². The summed E-state index contributed by atoms with van der Waals surface area (Å²) in [6.45, 7) is 0.0786. The number of hydrogen-bond donors (Lipinski definition) is 2. The third kappa shape index (κ3) is 3.64. The summed E-state index contributed by atoms with van der Waals surface area (Å²) in [5, 5.41) is 0.0704. The molecule has 0 atom stereocenters. The summed E-state index contributed by atoms with van der Waals surface area (Å²) < 4.78 is 49.2. The van der Waals surface area contributed by atoms with E-state index >= 15 is 0 Å². The molecule has 0 aromatic carbocycles. The lowest BCUT2D eigenvalue weighted by Crippen LogP contribution is -2.33. The van der Waals surface area contributed by atoms with Gasteiger partial charge in [-0.3, -0.25) is 0 Å². The highest BCUT2D eigenvalue weighted by atomic mass is 35.5. The monoisotopic (exact) mass is 354 g/mol. The summed E-state index contributed by atoms with van der Waals surface area (Å²) in [6, 6.07) is 1.23. The fourth-order valence-corrected chi connectivity index (χ4v) is 5.10. The molecule has 118 valence electrons. The molecule has 21 heavy (non-hydrogen) atoms. The van der Waals surface area contributed by atoms with Crippen molar-refractivity contribution in [2.75, 3.05) is 30.0 Å². The van der Waals surface area contributed by atoms with Crippen LogP contribution in [0.3, 0.4) is 0 Å². The second-order valence-electron chi connectivity index (χ2n) is 4.56. The Hall–Kier alpha value is -0.940. The van der Waals surface area contributed by atoms with E-state index in [2.05, 4.69) is 10.4 Å². The summed E-state index contributed by atoms with van der Waals surface area (Å²) in [5.74, 6) is 5.15. The Kier molecular flexibility index (Phi) is 4.73. The minimum absolute atomic E-state index is 0.00590. The van der Waals surface area contributed by atoms with E-state index in [1.807, 2.05) is 0 Å². The Morgan fingerprint density at radius 2 is 2.05 bits per heavy atom. The van der Waals surface area contributed by atoms with Crippen LogP contribution in [-0.4, -0.2) is 50.7 Å². The van der Waals surface area contributed by atoms with Crippen molar-refractivity contribution in [3.8, 4) is 0 Å². The van der Waals surface area contributed by atoms with Gasteiger partial charge in [-0.05, 0) is 12.5 Å². The molecule has 0 radical (unpaired) electrons. The standard InChI is InChI=1S/C10H15ClN4O4S2/c11-9-6-8(7-13-10(9)14-12)21(18,19)15-2-1-4-20(16,17)5-3-15/h6-7H,1-5,12H2,(H,13,14). The third-order valence-electron chi connectivity index (χ3n) is 3.11. The first-order valence-electron chi connectivity index (χ1n) is 6.09. The lowest BCUT2D eigenvalue weighted by atomic mass is 10.5. The van der Waals surface area contributed by atoms with Gasteiger partial charge in [0, 0.05) is 19.3 Å². The number of sulfone groups is 1. The minimum atomic E-state index is -3.83. The van der Waals surface area contributed by atoms with E-state index in [9.17, 15) is 16.8 Å². The minimum Gasteiger partial charge on any atom is -0.307 e. The molecule has 1 aliphatic rings. The van der Waals surface area contributed by atoms with E-state index < -0.39 is 19.9 Å². The van der Waals surface area contributed by atoms with E-state index in [4.69, 9.17) is 17.4 Å². The Balaban J connectivity index is 2.31. The maximum absolute atomic E-state index is 12.5. The number of halogens is 1. The van der Waals surface area contributed by atoms with Crippen LogP contribution in [0.4, 0.5) is 5.82 Å². The smallest absolute Gasteiger partial charge is 0.244 e. The molecule has 0 amide bonds. The van der Waals surface area contributed by atoms with Crippen LogP contribution in [0.5, 0.6) is 0 Å². The normalized spacial score (nSPS) is 19.9. The second kappa shape index (κ2) is 6.05. The lowest BCUT2D eigenvalue weighted by molar-refractivity contribution is 0.434. The predicted molar refractivity (Wildman–Crippen MR) is 79.1 cm³/mol. The van der Waals surface area contributed by atoms with Crippen LogP contribution >= 0.6 is 11.6 Å². The molecule has 0 unspecified atom stereocenters. The number of rotatable bonds is 3. The number of nitrogens with two attached hydrogens (primary N) is 1. The highest BCUT2D eigenvalue weighted by molar-refractivity contribution is 7.91. The van der Waals surface area contributed by atoms with Crippen molar-refractivity contribution in [2.45, 2.75) is 11.3 Å². The number of sulfonamides is 1. The maximum atomic E-state index is 12.5. The second-order valence-corrected chi connectivity index (χ2v) is 9.20. The summed E-state index contributed by atoms with van der Waals surface area (Å²) >= 11 is 5.87. The summed E-state index contributed by atoms with van der Waals surface area (Å²) in [6.07, 6.45) is 1.40. The average Bonchev–Trinajstić information content (AvgIpc) is 2.60. The van der Waals surface area contributed by atoms with Gasteiger partial charge in [0.25, 0.3) is 0 Å². The first-order chi connectivity index (χ1) is 9.76. The molecule has 1 aliphatic heterocycles. The number of pyridine rings is 1. The maximum Gasteiger partial charge on any atom is 0.244 e. The largest absolute Gasteiger partial charge is 0.307 e. The number of nitrogen functional groups attached to an aromatic ring is 1. The van der Waals surface area contributed by atoms with Crippen molar-refractivity contribution in [3.05, 3.63) is 17.3 Å². The molecule has 1 saturated heterocycles. The van der Waals surface area contributed by atoms with Gasteiger partial charge in [-0.25, -0.2) is 27.7 Å². The van der Waals surface area contributed by atoms with Gasteiger partial charge in [0.05, 0.1) is 16.5 Å². The Labute approximate surface area is 128 Å². The van der Waals surface area contributed by atoms with Gasteiger partial charge in [-0.15, -0.1) is 0 Å². The van der Waals surface area contributed by atoms with Crippen molar-refractivity contribution in [1.29, 1.82) is 0 Å². The zero-order chi connectivity index (χ0) is 15.7. The van der Waals surface area contributed by atoms with E-state index in [0.717, 1.165) is 10.5 Å². The average molecular weight is 355 g/mol. The summed E-state index contributed by atoms with van der Waals surface area (Å²) in [4.78, 5) is 3.73. The number of anilines is 1. The number of nitrogens with zero attached hydrogens (tertiary/aromatic N) is 2. The van der Waals surface area contributed by atoms with E-state index in [-0.39, 0.29) is 46.8 Å². The van der Waals surface area contributed by atoms with Crippen LogP contribution in [0.25, 0.3) is 0 Å². The van der Waals surface area contributed by atoms with Crippen molar-refractivity contribution in [1.82, 2.24) is 9.29 Å². The SMILES string of the molecule is NNc1ncc(S(=O)(=O)N2CCCS(=O)(=O)CC2)cc1Cl. The van der Waals surface area contributed by atoms with Crippen molar-refractivity contribution >= 4 is 37.3 Å². The van der Waals surface area contributed by atoms with Crippen molar-refractivity contribution < 1.29 is 16.8 Å². The number of nitrogens with one attached hydrogen (secondary N) is 1. The molecule has 11 heteroatoms. The van der Waals surface area contributed by atoms with Crippen LogP contribution < -0.4 is 11.3 Å². The summed E-state index contributed by atoms with van der Waals surface area (Å²) in [5.41, 5.74) is 2.24. The Morgan fingerprint density at radius 3 is 2.67 bits per heavy atom. The van der Waals surface area contributed by atoms with E-state index in [1.54, 1.807) is 0 Å². The quantitative estimate of drug-likeness (QED) is 0.570. The van der Waals surface area contributed by atoms with Gasteiger partial charge in [0.15, 0.2) is 15.7 Å². The van der Waals surface area contributed by atoms with Crippen LogP contribution in [0, 0.1) is 0 Å². The molecular weight excluding hydrogens is 340 g/mol. The van der Waals surface area contributed by atoms with Gasteiger partial charge in [0.2, 0.25) is 10.0 Å².